The van der Waals surface area contributed by atoms with Gasteiger partial charge in [0.25, 0.3) is 0 Å². The predicted molar refractivity (Wildman–Crippen MR) is 81.1 cm³/mol. The highest BCUT2D eigenvalue weighted by molar-refractivity contribution is 8.00. The molecule has 1 heterocycles. The van der Waals surface area contributed by atoms with Gasteiger partial charge < -0.3 is 9.47 Å². The molecule has 3 aliphatic rings. The minimum absolute atomic E-state index is 0.400. The maximum absolute atomic E-state index is 5.82. The van der Waals surface area contributed by atoms with E-state index in [1.54, 1.807) is 4.91 Å². The summed E-state index contributed by atoms with van der Waals surface area (Å²) in [6.07, 6.45) is 11.6. The van der Waals surface area contributed by atoms with Crippen molar-refractivity contribution in [2.24, 2.45) is 11.8 Å². The van der Waals surface area contributed by atoms with Crippen LogP contribution in [0.5, 0.6) is 0 Å². The Labute approximate surface area is 119 Å². The lowest BCUT2D eigenvalue weighted by molar-refractivity contribution is 0.00927. The quantitative estimate of drug-likeness (QED) is 0.739. The first kappa shape index (κ1) is 13.6. The molecular weight excluding hydrogens is 256 g/mol. The van der Waals surface area contributed by atoms with Crippen LogP contribution in [0.1, 0.15) is 32.1 Å². The van der Waals surface area contributed by atoms with Gasteiger partial charge in [0.1, 0.15) is 16.4 Å². The van der Waals surface area contributed by atoms with Gasteiger partial charge in [-0.3, -0.25) is 0 Å². The van der Waals surface area contributed by atoms with Gasteiger partial charge in [-0.25, -0.2) is 0 Å². The van der Waals surface area contributed by atoms with Crippen molar-refractivity contribution in [3.63, 3.8) is 0 Å². The van der Waals surface area contributed by atoms with E-state index in [4.69, 9.17) is 9.47 Å². The van der Waals surface area contributed by atoms with Gasteiger partial charge in [-0.15, -0.1) is 0 Å². The zero-order chi connectivity index (χ0) is 13.2. The van der Waals surface area contributed by atoms with Gasteiger partial charge in [0.2, 0.25) is 0 Å². The average molecular weight is 281 g/mol. The summed E-state index contributed by atoms with van der Waals surface area (Å²) in [5.41, 5.74) is 0. The Balaban J connectivity index is 1.91. The second-order valence-electron chi connectivity index (χ2n) is 5.79. The maximum atomic E-state index is 5.82. The van der Waals surface area contributed by atoms with Crippen LogP contribution < -0.4 is 0 Å². The normalized spacial score (nSPS) is 35.6. The standard InChI is InChI=1S/C16H25O2S/c1-17-13-8-9-15(19-10-3-4-11-19)16-12(13)6-5-7-14(16)18-2/h8-9,12,14,16H,3-7,10-11H2,1-2H3/q+1. The molecule has 3 rings (SSSR count). The first-order valence-corrected chi connectivity index (χ1v) is 9.07. The summed E-state index contributed by atoms with van der Waals surface area (Å²) in [6, 6.07) is 0. The average Bonchev–Trinajstić information content (AvgIpc) is 2.99. The molecule has 0 radical (unpaired) electrons. The summed E-state index contributed by atoms with van der Waals surface area (Å²) in [7, 11) is 4.21. The largest absolute Gasteiger partial charge is 0.501 e. The number of hydrogen-bond donors (Lipinski definition) is 0. The Morgan fingerprint density at radius 2 is 1.84 bits per heavy atom. The SMILES string of the molecule is COC1=CC=C([S+]2CCCC2)C2C(OC)CCCC12. The molecule has 0 aromatic carbocycles. The summed E-state index contributed by atoms with van der Waals surface area (Å²) < 4.78 is 11.5. The van der Waals surface area contributed by atoms with Gasteiger partial charge in [0.15, 0.2) is 0 Å². The first-order chi connectivity index (χ1) is 9.35. The van der Waals surface area contributed by atoms with Crippen molar-refractivity contribution in [1.29, 1.82) is 0 Å². The molecule has 0 aromatic heterocycles. The third-order valence-electron chi connectivity index (χ3n) is 4.85. The molecule has 3 unspecified atom stereocenters. The molecule has 106 valence electrons. The van der Waals surface area contributed by atoms with Crippen LogP contribution in [-0.4, -0.2) is 31.8 Å². The molecule has 2 aliphatic carbocycles. The summed E-state index contributed by atoms with van der Waals surface area (Å²) in [4.78, 5) is 1.69. The smallest absolute Gasteiger partial charge is 0.138 e. The van der Waals surface area contributed by atoms with Crippen LogP contribution in [0.25, 0.3) is 0 Å². The van der Waals surface area contributed by atoms with Crippen molar-refractivity contribution in [3.05, 3.63) is 22.8 Å². The fourth-order valence-electron chi connectivity index (χ4n) is 3.92. The van der Waals surface area contributed by atoms with E-state index in [9.17, 15) is 0 Å². The van der Waals surface area contributed by atoms with E-state index >= 15 is 0 Å². The van der Waals surface area contributed by atoms with Gasteiger partial charge in [0, 0.05) is 23.9 Å². The van der Waals surface area contributed by atoms with E-state index in [0.29, 0.717) is 28.8 Å². The zero-order valence-electron chi connectivity index (χ0n) is 12.1. The number of hydrogen-bond acceptors (Lipinski definition) is 2. The van der Waals surface area contributed by atoms with Crippen LogP contribution in [0.2, 0.25) is 0 Å². The molecule has 19 heavy (non-hydrogen) atoms. The summed E-state index contributed by atoms with van der Waals surface area (Å²) in [5.74, 6) is 5.14. The molecule has 1 saturated carbocycles. The Hall–Kier alpha value is -0.410. The number of fused-ring (bicyclic) bond motifs is 1. The van der Waals surface area contributed by atoms with Crippen LogP contribution in [0.3, 0.4) is 0 Å². The second kappa shape index (κ2) is 5.92. The minimum atomic E-state index is 0.400. The Kier molecular flexibility index (Phi) is 4.23. The van der Waals surface area contributed by atoms with Crippen LogP contribution >= 0.6 is 0 Å². The lowest BCUT2D eigenvalue weighted by atomic mass is 9.74. The fourth-order valence-corrected chi connectivity index (χ4v) is 6.66. The van der Waals surface area contributed by atoms with E-state index in [-0.39, 0.29) is 0 Å². The number of allylic oxidation sites excluding steroid dienone is 3. The summed E-state index contributed by atoms with van der Waals surface area (Å²) in [5, 5.41) is 0. The van der Waals surface area contributed by atoms with Gasteiger partial charge in [-0.1, -0.05) is 6.42 Å². The third kappa shape index (κ3) is 2.47. The molecule has 0 aromatic rings. The highest BCUT2D eigenvalue weighted by Crippen LogP contribution is 2.46. The monoisotopic (exact) mass is 281 g/mol. The Bertz CT molecular complexity index is 382. The van der Waals surface area contributed by atoms with E-state index in [1.807, 2.05) is 14.2 Å². The van der Waals surface area contributed by atoms with Gasteiger partial charge in [0.05, 0.1) is 24.9 Å². The topological polar surface area (TPSA) is 18.5 Å². The molecule has 0 spiro atoms. The second-order valence-corrected chi connectivity index (χ2v) is 8.06. The lowest BCUT2D eigenvalue weighted by Gasteiger charge is -2.39. The third-order valence-corrected chi connectivity index (χ3v) is 7.48. The molecule has 2 nitrogen and oxygen atoms in total. The summed E-state index contributed by atoms with van der Waals surface area (Å²) in [6.45, 7) is 0. The molecule has 0 bridgehead atoms. The fraction of sp³-hybridized carbons (Fsp3) is 0.750. The van der Waals surface area contributed by atoms with Crippen LogP contribution in [0, 0.1) is 11.8 Å². The van der Waals surface area contributed by atoms with Crippen molar-refractivity contribution < 1.29 is 9.47 Å². The molecule has 1 saturated heterocycles. The number of ether oxygens (including phenoxy) is 2. The number of rotatable bonds is 3. The van der Waals surface area contributed by atoms with E-state index < -0.39 is 0 Å². The molecule has 3 atom stereocenters. The van der Waals surface area contributed by atoms with Gasteiger partial charge in [-0.05, 0) is 37.8 Å². The molecule has 0 amide bonds. The van der Waals surface area contributed by atoms with Crippen LogP contribution in [0.4, 0.5) is 0 Å². The number of methoxy groups -OCH3 is 2. The van der Waals surface area contributed by atoms with Crippen molar-refractivity contribution in [3.8, 4) is 0 Å². The Morgan fingerprint density at radius 1 is 1.05 bits per heavy atom. The lowest BCUT2D eigenvalue weighted by Crippen LogP contribution is -2.40. The predicted octanol–water partition coefficient (Wildman–Crippen LogP) is 3.26. The van der Waals surface area contributed by atoms with Crippen LogP contribution in [-0.2, 0) is 20.4 Å². The van der Waals surface area contributed by atoms with Crippen molar-refractivity contribution in [1.82, 2.24) is 0 Å². The maximum Gasteiger partial charge on any atom is 0.138 e. The van der Waals surface area contributed by atoms with Crippen molar-refractivity contribution in [2.75, 3.05) is 25.7 Å². The van der Waals surface area contributed by atoms with Crippen molar-refractivity contribution in [2.45, 2.75) is 38.2 Å². The minimum Gasteiger partial charge on any atom is -0.501 e. The van der Waals surface area contributed by atoms with Gasteiger partial charge >= 0.3 is 0 Å². The molecule has 2 fully saturated rings. The van der Waals surface area contributed by atoms with E-state index in [1.165, 1.54) is 49.4 Å². The highest BCUT2D eigenvalue weighted by atomic mass is 32.2. The molecular formula is C16H25O2S+. The van der Waals surface area contributed by atoms with Gasteiger partial charge in [-0.2, -0.15) is 0 Å². The van der Waals surface area contributed by atoms with E-state index in [2.05, 4.69) is 12.2 Å². The molecule has 3 heteroatoms. The molecule has 0 N–H and O–H groups in total. The molecule has 1 aliphatic heterocycles. The zero-order valence-corrected chi connectivity index (χ0v) is 12.9. The van der Waals surface area contributed by atoms with E-state index in [0.717, 1.165) is 0 Å². The van der Waals surface area contributed by atoms with Crippen molar-refractivity contribution >= 4 is 10.9 Å². The Morgan fingerprint density at radius 3 is 2.53 bits per heavy atom. The highest BCUT2D eigenvalue weighted by Gasteiger charge is 2.47. The summed E-state index contributed by atoms with van der Waals surface area (Å²) >= 11 is 0. The van der Waals surface area contributed by atoms with Crippen LogP contribution in [0.15, 0.2) is 22.8 Å². The first-order valence-electron chi connectivity index (χ1n) is 7.51.